The van der Waals surface area contributed by atoms with E-state index in [1.807, 2.05) is 18.2 Å². The molecule has 2 heteroatoms. The van der Waals surface area contributed by atoms with Crippen LogP contribution in [-0.2, 0) is 0 Å². The predicted octanol–water partition coefficient (Wildman–Crippen LogP) is 2.35. The topological polar surface area (TPSA) is 26.0 Å². The first-order valence-corrected chi connectivity index (χ1v) is 4.29. The van der Waals surface area contributed by atoms with Gasteiger partial charge in [-0.15, -0.1) is 0 Å². The smallest absolute Gasteiger partial charge is 0.0279 e. The highest BCUT2D eigenvalue weighted by atomic mass is 127. The average molecular weight is 247 g/mol. The SMILES string of the molecule is CC1C=C(N)C=CC(I)=C1. The van der Waals surface area contributed by atoms with Crippen LogP contribution in [0.1, 0.15) is 6.92 Å². The Bertz CT molecular complexity index is 191. The summed E-state index contributed by atoms with van der Waals surface area (Å²) in [6, 6.07) is 0. The summed E-state index contributed by atoms with van der Waals surface area (Å²) in [5, 5.41) is 0. The molecule has 0 aromatic heterocycles. The Morgan fingerprint density at radius 2 is 2.10 bits per heavy atom. The lowest BCUT2D eigenvalue weighted by molar-refractivity contribution is 0.930. The Hall–Kier alpha value is -0.250. The fourth-order valence-electron chi connectivity index (χ4n) is 0.890. The zero-order valence-electron chi connectivity index (χ0n) is 5.84. The van der Waals surface area contributed by atoms with Gasteiger partial charge in [0.1, 0.15) is 0 Å². The molecule has 0 saturated heterocycles. The van der Waals surface area contributed by atoms with Gasteiger partial charge in [-0.25, -0.2) is 0 Å². The van der Waals surface area contributed by atoms with Crippen LogP contribution in [0.3, 0.4) is 0 Å². The van der Waals surface area contributed by atoms with Crippen LogP contribution >= 0.6 is 22.6 Å². The molecule has 0 aromatic carbocycles. The summed E-state index contributed by atoms with van der Waals surface area (Å²) < 4.78 is 1.25. The lowest BCUT2D eigenvalue weighted by Crippen LogP contribution is -1.94. The van der Waals surface area contributed by atoms with Gasteiger partial charge in [-0.05, 0) is 40.7 Å². The number of halogens is 1. The second kappa shape index (κ2) is 3.23. The second-order valence-corrected chi connectivity index (χ2v) is 3.66. The van der Waals surface area contributed by atoms with E-state index in [4.69, 9.17) is 5.73 Å². The molecular weight excluding hydrogens is 237 g/mol. The first-order valence-electron chi connectivity index (χ1n) is 3.21. The Kier molecular flexibility index (Phi) is 2.54. The minimum absolute atomic E-state index is 0.460. The van der Waals surface area contributed by atoms with Gasteiger partial charge < -0.3 is 5.73 Å². The Labute approximate surface area is 74.8 Å². The van der Waals surface area contributed by atoms with Crippen molar-refractivity contribution in [2.45, 2.75) is 6.92 Å². The van der Waals surface area contributed by atoms with Crippen molar-refractivity contribution in [1.82, 2.24) is 0 Å². The number of nitrogens with two attached hydrogens (primary N) is 1. The summed E-state index contributed by atoms with van der Waals surface area (Å²) in [5.41, 5.74) is 6.48. The third-order valence-electron chi connectivity index (χ3n) is 1.31. The molecule has 0 radical (unpaired) electrons. The molecule has 1 aliphatic carbocycles. The monoisotopic (exact) mass is 247 g/mol. The molecule has 0 spiro atoms. The number of allylic oxidation sites excluding steroid dienone is 5. The fourth-order valence-corrected chi connectivity index (χ4v) is 1.64. The first kappa shape index (κ1) is 7.85. The van der Waals surface area contributed by atoms with Gasteiger partial charge in [-0.3, -0.25) is 0 Å². The molecule has 0 heterocycles. The summed E-state index contributed by atoms with van der Waals surface area (Å²) in [6.07, 6.45) is 8.18. The van der Waals surface area contributed by atoms with E-state index in [0.717, 1.165) is 5.70 Å². The van der Waals surface area contributed by atoms with Gasteiger partial charge in [0.15, 0.2) is 0 Å². The normalized spacial score (nSPS) is 25.2. The standard InChI is InChI=1S/C8H10IN/c1-6-4-7(9)2-3-8(10)5-6/h2-6H,10H2,1H3. The molecule has 1 atom stereocenters. The van der Waals surface area contributed by atoms with Gasteiger partial charge in [0.2, 0.25) is 0 Å². The van der Waals surface area contributed by atoms with E-state index in [1.165, 1.54) is 3.58 Å². The molecule has 1 unspecified atom stereocenters. The minimum Gasteiger partial charge on any atom is -0.399 e. The molecule has 2 N–H and O–H groups in total. The third kappa shape index (κ3) is 2.17. The summed E-state index contributed by atoms with van der Waals surface area (Å²) in [6.45, 7) is 2.12. The van der Waals surface area contributed by atoms with Crippen LogP contribution in [0.5, 0.6) is 0 Å². The van der Waals surface area contributed by atoms with Crippen LogP contribution in [-0.4, -0.2) is 0 Å². The van der Waals surface area contributed by atoms with Crippen LogP contribution < -0.4 is 5.73 Å². The van der Waals surface area contributed by atoms with Gasteiger partial charge in [0, 0.05) is 9.28 Å². The zero-order valence-corrected chi connectivity index (χ0v) is 8.00. The summed E-state index contributed by atoms with van der Waals surface area (Å²) in [4.78, 5) is 0. The van der Waals surface area contributed by atoms with Crippen molar-refractivity contribution < 1.29 is 0 Å². The maximum Gasteiger partial charge on any atom is 0.0279 e. The molecular formula is C8H10IN. The van der Waals surface area contributed by atoms with E-state index in [-0.39, 0.29) is 0 Å². The van der Waals surface area contributed by atoms with Crippen molar-refractivity contribution in [2.75, 3.05) is 0 Å². The fraction of sp³-hybridized carbons (Fsp3) is 0.250. The first-order chi connectivity index (χ1) is 4.68. The summed E-state index contributed by atoms with van der Waals surface area (Å²) >= 11 is 2.29. The van der Waals surface area contributed by atoms with Crippen molar-refractivity contribution in [2.24, 2.45) is 11.7 Å². The lowest BCUT2D eigenvalue weighted by Gasteiger charge is -1.96. The number of rotatable bonds is 0. The molecule has 1 aliphatic rings. The summed E-state index contributed by atoms with van der Waals surface area (Å²) in [5.74, 6) is 0.460. The molecule has 0 amide bonds. The molecule has 0 aliphatic heterocycles. The Balaban J connectivity index is 2.87. The van der Waals surface area contributed by atoms with E-state index < -0.39 is 0 Å². The van der Waals surface area contributed by atoms with Crippen molar-refractivity contribution in [1.29, 1.82) is 0 Å². The largest absolute Gasteiger partial charge is 0.399 e. The van der Waals surface area contributed by atoms with Gasteiger partial charge in [0.05, 0.1) is 0 Å². The molecule has 0 bridgehead atoms. The second-order valence-electron chi connectivity index (χ2n) is 2.41. The van der Waals surface area contributed by atoms with Crippen LogP contribution in [0, 0.1) is 5.92 Å². The highest BCUT2D eigenvalue weighted by Crippen LogP contribution is 2.17. The lowest BCUT2D eigenvalue weighted by atomic mass is 10.1. The Morgan fingerprint density at radius 1 is 1.40 bits per heavy atom. The van der Waals surface area contributed by atoms with Crippen molar-refractivity contribution in [3.8, 4) is 0 Å². The van der Waals surface area contributed by atoms with Crippen molar-refractivity contribution in [3.63, 3.8) is 0 Å². The molecule has 10 heavy (non-hydrogen) atoms. The van der Waals surface area contributed by atoms with Gasteiger partial charge in [0.25, 0.3) is 0 Å². The van der Waals surface area contributed by atoms with Crippen LogP contribution in [0.25, 0.3) is 0 Å². The zero-order chi connectivity index (χ0) is 7.56. The molecule has 54 valence electrons. The van der Waals surface area contributed by atoms with E-state index in [9.17, 15) is 0 Å². The number of hydrogen-bond donors (Lipinski definition) is 1. The maximum absolute atomic E-state index is 5.62. The highest BCUT2D eigenvalue weighted by Gasteiger charge is 1.98. The van der Waals surface area contributed by atoms with Crippen molar-refractivity contribution >= 4 is 22.6 Å². The van der Waals surface area contributed by atoms with Crippen molar-refractivity contribution in [3.05, 3.63) is 33.6 Å². The quantitative estimate of drug-likeness (QED) is 0.653. The van der Waals surface area contributed by atoms with Gasteiger partial charge in [-0.1, -0.05) is 19.1 Å². The summed E-state index contributed by atoms with van der Waals surface area (Å²) in [7, 11) is 0. The van der Waals surface area contributed by atoms with Gasteiger partial charge >= 0.3 is 0 Å². The predicted molar refractivity (Wildman–Crippen MR) is 52.7 cm³/mol. The van der Waals surface area contributed by atoms with E-state index in [2.05, 4.69) is 35.6 Å². The van der Waals surface area contributed by atoms with Crippen LogP contribution in [0.15, 0.2) is 33.6 Å². The molecule has 1 rings (SSSR count). The van der Waals surface area contributed by atoms with E-state index >= 15 is 0 Å². The molecule has 0 fully saturated rings. The van der Waals surface area contributed by atoms with Crippen LogP contribution in [0.2, 0.25) is 0 Å². The highest BCUT2D eigenvalue weighted by molar-refractivity contribution is 14.1. The minimum atomic E-state index is 0.460. The van der Waals surface area contributed by atoms with E-state index in [1.54, 1.807) is 0 Å². The third-order valence-corrected chi connectivity index (χ3v) is 2.03. The van der Waals surface area contributed by atoms with E-state index in [0.29, 0.717) is 5.92 Å². The Morgan fingerprint density at radius 3 is 2.80 bits per heavy atom. The van der Waals surface area contributed by atoms with Crippen LogP contribution in [0.4, 0.5) is 0 Å². The molecule has 1 nitrogen and oxygen atoms in total. The molecule has 0 saturated carbocycles. The number of hydrogen-bond acceptors (Lipinski definition) is 1. The maximum atomic E-state index is 5.62. The molecule has 0 aromatic rings. The van der Waals surface area contributed by atoms with Gasteiger partial charge in [-0.2, -0.15) is 0 Å². The average Bonchev–Trinajstić information content (AvgIpc) is 1.93.